The summed E-state index contributed by atoms with van der Waals surface area (Å²) in [5.74, 6) is 0. The lowest BCUT2D eigenvalue weighted by Crippen LogP contribution is -1.89. The Hall–Kier alpha value is -1.42. The second-order valence-electron chi connectivity index (χ2n) is 4.43. The number of hydrogen-bond donors (Lipinski definition) is 2. The van der Waals surface area contributed by atoms with Crippen LogP contribution in [-0.2, 0) is 12.8 Å². The van der Waals surface area contributed by atoms with Gasteiger partial charge in [-0.1, -0.05) is 6.42 Å². The van der Waals surface area contributed by atoms with Crippen LogP contribution >= 0.6 is 0 Å². The molecule has 0 aliphatic heterocycles. The van der Waals surface area contributed by atoms with Crippen molar-refractivity contribution in [3.8, 4) is 0 Å². The van der Waals surface area contributed by atoms with E-state index in [1.807, 2.05) is 20.3 Å². The third kappa shape index (κ3) is 2.64. The van der Waals surface area contributed by atoms with Gasteiger partial charge in [0.05, 0.1) is 0 Å². The van der Waals surface area contributed by atoms with Crippen LogP contribution in [0.3, 0.4) is 0 Å². The first-order valence-corrected chi connectivity index (χ1v) is 6.24. The molecule has 4 heteroatoms. The molecule has 0 amide bonds. The van der Waals surface area contributed by atoms with Crippen LogP contribution in [0.5, 0.6) is 0 Å². The van der Waals surface area contributed by atoms with Crippen molar-refractivity contribution in [3.05, 3.63) is 23.8 Å². The molecule has 2 heterocycles. The van der Waals surface area contributed by atoms with E-state index in [1.54, 1.807) is 6.33 Å². The van der Waals surface area contributed by atoms with Crippen molar-refractivity contribution in [1.82, 2.24) is 20.3 Å². The Morgan fingerprint density at radius 2 is 1.94 bits per heavy atom. The fraction of sp³-hybridized carbons (Fsp3) is 0.538. The van der Waals surface area contributed by atoms with Crippen molar-refractivity contribution in [2.24, 2.45) is 0 Å². The van der Waals surface area contributed by atoms with Crippen molar-refractivity contribution >= 4 is 11.0 Å². The van der Waals surface area contributed by atoms with Gasteiger partial charge >= 0.3 is 0 Å². The van der Waals surface area contributed by atoms with Crippen LogP contribution in [0.2, 0.25) is 0 Å². The Morgan fingerprint density at radius 1 is 1.18 bits per heavy atom. The number of H-pyrrole nitrogens is 1. The van der Waals surface area contributed by atoms with Crippen LogP contribution in [0.15, 0.2) is 12.5 Å². The summed E-state index contributed by atoms with van der Waals surface area (Å²) in [5, 5.41) is 3.98. The Balaban J connectivity index is 0.000000329. The van der Waals surface area contributed by atoms with Crippen molar-refractivity contribution in [3.63, 3.8) is 0 Å². The molecule has 0 radical (unpaired) electrons. The number of nitrogens with zero attached hydrogens (tertiary/aromatic N) is 2. The summed E-state index contributed by atoms with van der Waals surface area (Å²) in [7, 11) is 3.75. The Morgan fingerprint density at radius 3 is 2.76 bits per heavy atom. The number of aromatic amines is 1. The van der Waals surface area contributed by atoms with E-state index in [2.05, 4.69) is 20.3 Å². The second kappa shape index (κ2) is 5.77. The zero-order valence-electron chi connectivity index (χ0n) is 10.6. The van der Waals surface area contributed by atoms with Gasteiger partial charge in [-0.25, -0.2) is 9.97 Å². The van der Waals surface area contributed by atoms with Gasteiger partial charge in [0.15, 0.2) is 0 Å². The topological polar surface area (TPSA) is 53.6 Å². The number of aromatic nitrogens is 3. The summed E-state index contributed by atoms with van der Waals surface area (Å²) in [6.07, 6.45) is 9.84. The lowest BCUT2D eigenvalue weighted by molar-refractivity contribution is 0.708. The number of rotatable bonds is 0. The van der Waals surface area contributed by atoms with E-state index in [4.69, 9.17) is 0 Å². The van der Waals surface area contributed by atoms with E-state index < -0.39 is 0 Å². The molecule has 4 nitrogen and oxygen atoms in total. The standard InChI is InChI=1S/C11H13N3.C2H7N/c1-2-4-8-9-6-12-7-13-11(9)14-10(8)5-3-1;1-3-2/h6-7H,1-5H2,(H,12,13,14);3H,1-2H3. The van der Waals surface area contributed by atoms with Gasteiger partial charge in [-0.05, 0) is 45.3 Å². The highest BCUT2D eigenvalue weighted by atomic mass is 14.9. The number of aryl methyl sites for hydroxylation is 2. The van der Waals surface area contributed by atoms with E-state index in [0.29, 0.717) is 0 Å². The molecule has 0 aromatic carbocycles. The van der Waals surface area contributed by atoms with Gasteiger partial charge in [0.2, 0.25) is 0 Å². The molecule has 2 aromatic heterocycles. The summed E-state index contributed by atoms with van der Waals surface area (Å²) in [6, 6.07) is 0. The van der Waals surface area contributed by atoms with Gasteiger partial charge in [-0.2, -0.15) is 0 Å². The average Bonchev–Trinajstić information content (AvgIpc) is 2.53. The van der Waals surface area contributed by atoms with E-state index in [9.17, 15) is 0 Å². The Bertz CT molecular complexity index is 475. The van der Waals surface area contributed by atoms with E-state index in [0.717, 1.165) is 5.65 Å². The molecule has 92 valence electrons. The molecule has 1 aliphatic rings. The van der Waals surface area contributed by atoms with Gasteiger partial charge < -0.3 is 10.3 Å². The van der Waals surface area contributed by atoms with Crippen LogP contribution in [-0.4, -0.2) is 29.0 Å². The first-order chi connectivity index (χ1) is 8.36. The summed E-state index contributed by atoms with van der Waals surface area (Å²) in [5.41, 5.74) is 3.85. The van der Waals surface area contributed by atoms with E-state index >= 15 is 0 Å². The molecule has 2 aromatic rings. The highest BCUT2D eigenvalue weighted by molar-refractivity contribution is 5.80. The molecular weight excluding hydrogens is 212 g/mol. The number of hydrogen-bond acceptors (Lipinski definition) is 3. The molecule has 0 bridgehead atoms. The lowest BCUT2D eigenvalue weighted by Gasteiger charge is -1.95. The third-order valence-electron chi connectivity index (χ3n) is 3.02. The molecule has 0 atom stereocenters. The minimum Gasteiger partial charge on any atom is -0.343 e. The SMILES string of the molecule is CNC.c1ncc2c3c([nH]c2n1)CCCCC3. The van der Waals surface area contributed by atoms with Crippen LogP contribution in [0.25, 0.3) is 11.0 Å². The highest BCUT2D eigenvalue weighted by Gasteiger charge is 2.14. The van der Waals surface area contributed by atoms with Crippen LogP contribution in [0.4, 0.5) is 0 Å². The molecular formula is C13H20N4. The monoisotopic (exact) mass is 232 g/mol. The zero-order chi connectivity index (χ0) is 12.1. The average molecular weight is 232 g/mol. The molecule has 2 N–H and O–H groups in total. The maximum absolute atomic E-state index is 4.25. The fourth-order valence-electron chi connectivity index (χ4n) is 2.31. The van der Waals surface area contributed by atoms with E-state index in [1.165, 1.54) is 48.7 Å². The Kier molecular flexibility index (Phi) is 4.09. The molecule has 0 saturated heterocycles. The summed E-state index contributed by atoms with van der Waals surface area (Å²) in [6.45, 7) is 0. The maximum atomic E-state index is 4.25. The van der Waals surface area contributed by atoms with Crippen LogP contribution in [0, 0.1) is 0 Å². The zero-order valence-corrected chi connectivity index (χ0v) is 10.6. The first kappa shape index (κ1) is 12.0. The summed E-state index contributed by atoms with van der Waals surface area (Å²) < 4.78 is 0. The summed E-state index contributed by atoms with van der Waals surface area (Å²) >= 11 is 0. The predicted molar refractivity (Wildman–Crippen MR) is 70.1 cm³/mol. The van der Waals surface area contributed by atoms with Gasteiger partial charge in [0.25, 0.3) is 0 Å². The van der Waals surface area contributed by atoms with Crippen molar-refractivity contribution in [1.29, 1.82) is 0 Å². The molecule has 17 heavy (non-hydrogen) atoms. The van der Waals surface area contributed by atoms with Crippen LogP contribution < -0.4 is 5.32 Å². The lowest BCUT2D eigenvalue weighted by atomic mass is 10.1. The van der Waals surface area contributed by atoms with Gasteiger partial charge in [-0.3, -0.25) is 0 Å². The highest BCUT2D eigenvalue weighted by Crippen LogP contribution is 2.26. The van der Waals surface area contributed by atoms with Crippen LogP contribution in [0.1, 0.15) is 30.5 Å². The normalized spacial score (nSPS) is 14.7. The van der Waals surface area contributed by atoms with Gasteiger partial charge in [-0.15, -0.1) is 0 Å². The van der Waals surface area contributed by atoms with E-state index in [-0.39, 0.29) is 0 Å². The largest absolute Gasteiger partial charge is 0.343 e. The minimum atomic E-state index is 1.01. The smallest absolute Gasteiger partial charge is 0.141 e. The van der Waals surface area contributed by atoms with Crippen molar-refractivity contribution in [2.75, 3.05) is 14.1 Å². The summed E-state index contributed by atoms with van der Waals surface area (Å²) in [4.78, 5) is 11.7. The van der Waals surface area contributed by atoms with Gasteiger partial charge in [0.1, 0.15) is 12.0 Å². The van der Waals surface area contributed by atoms with Gasteiger partial charge in [0, 0.05) is 17.3 Å². The van der Waals surface area contributed by atoms with Crippen molar-refractivity contribution in [2.45, 2.75) is 32.1 Å². The quantitative estimate of drug-likeness (QED) is 0.684. The number of nitrogens with one attached hydrogen (secondary N) is 2. The second-order valence-corrected chi connectivity index (χ2v) is 4.43. The molecule has 0 spiro atoms. The molecule has 0 unspecified atom stereocenters. The fourth-order valence-corrected chi connectivity index (χ4v) is 2.31. The maximum Gasteiger partial charge on any atom is 0.141 e. The Labute approximate surface area is 102 Å². The molecule has 0 fully saturated rings. The number of fused-ring (bicyclic) bond motifs is 3. The first-order valence-electron chi connectivity index (χ1n) is 6.24. The third-order valence-corrected chi connectivity index (χ3v) is 3.02. The molecule has 3 rings (SSSR count). The minimum absolute atomic E-state index is 1.01. The van der Waals surface area contributed by atoms with Crippen molar-refractivity contribution < 1.29 is 0 Å². The molecule has 1 aliphatic carbocycles. The molecule has 0 saturated carbocycles. The predicted octanol–water partition coefficient (Wildman–Crippen LogP) is 2.06.